The summed E-state index contributed by atoms with van der Waals surface area (Å²) < 4.78 is 0. The summed E-state index contributed by atoms with van der Waals surface area (Å²) in [5, 5.41) is 5.55. The van der Waals surface area contributed by atoms with Crippen LogP contribution in [-0.4, -0.2) is 17.6 Å². The summed E-state index contributed by atoms with van der Waals surface area (Å²) in [6.07, 6.45) is 2.67. The van der Waals surface area contributed by atoms with Gasteiger partial charge in [0, 0.05) is 24.7 Å². The molecule has 0 saturated heterocycles. The molecule has 4 nitrogen and oxygen atoms in total. The van der Waals surface area contributed by atoms with E-state index in [2.05, 4.69) is 23.3 Å². The molecular weight excluding hydrogens is 260 g/mol. The maximum absolute atomic E-state index is 11.9. The van der Waals surface area contributed by atoms with E-state index >= 15 is 0 Å². The van der Waals surface area contributed by atoms with Gasteiger partial charge in [-0.15, -0.1) is 0 Å². The minimum Gasteiger partial charge on any atom is -0.326 e. The number of benzene rings is 1. The van der Waals surface area contributed by atoms with Crippen LogP contribution in [0.3, 0.4) is 0 Å². The first-order chi connectivity index (χ1) is 9.03. The van der Waals surface area contributed by atoms with Crippen LogP contribution in [-0.2, 0) is 9.59 Å². The van der Waals surface area contributed by atoms with Gasteiger partial charge in [0.05, 0.1) is 0 Å². The predicted molar refractivity (Wildman–Crippen MR) is 79.5 cm³/mol. The molecule has 0 aliphatic heterocycles. The average molecular weight is 278 g/mol. The van der Waals surface area contributed by atoms with E-state index in [1.54, 1.807) is 18.2 Å². The topological polar surface area (TPSA) is 58.2 Å². The van der Waals surface area contributed by atoms with Crippen LogP contribution in [0.5, 0.6) is 0 Å². The van der Waals surface area contributed by atoms with Crippen molar-refractivity contribution in [2.45, 2.75) is 26.2 Å². The number of carbonyl (C=O) groups excluding carboxylic acids is 2. The van der Waals surface area contributed by atoms with Crippen molar-refractivity contribution in [3.05, 3.63) is 24.3 Å². The maximum atomic E-state index is 11.9. The zero-order chi connectivity index (χ0) is 13.9. The Morgan fingerprint density at radius 1 is 1.26 bits per heavy atom. The fourth-order valence-corrected chi connectivity index (χ4v) is 2.42. The quantitative estimate of drug-likeness (QED) is 0.725. The fraction of sp³-hybridized carbons (Fsp3) is 0.429. The normalized spacial score (nSPS) is 15.7. The molecule has 1 aliphatic rings. The number of carbonyl (C=O) groups is 2. The van der Waals surface area contributed by atoms with Crippen molar-refractivity contribution >= 4 is 35.8 Å². The van der Waals surface area contributed by atoms with Gasteiger partial charge < -0.3 is 10.6 Å². The van der Waals surface area contributed by atoms with Crippen molar-refractivity contribution in [1.82, 2.24) is 0 Å². The Bertz CT molecular complexity index is 498. The lowest BCUT2D eigenvalue weighted by Gasteiger charge is -2.12. The summed E-state index contributed by atoms with van der Waals surface area (Å²) in [5.74, 6) is 0.633. The lowest BCUT2D eigenvalue weighted by atomic mass is 10.1. The molecule has 102 valence electrons. The van der Waals surface area contributed by atoms with E-state index < -0.39 is 0 Å². The second kappa shape index (κ2) is 5.65. The molecule has 1 saturated carbocycles. The molecular formula is C14H18N2O2S. The molecule has 0 heterocycles. The van der Waals surface area contributed by atoms with E-state index in [1.807, 2.05) is 6.07 Å². The largest absolute Gasteiger partial charge is 0.326 e. The smallest absolute Gasteiger partial charge is 0.224 e. The second-order valence-corrected chi connectivity index (χ2v) is 5.46. The third-order valence-electron chi connectivity index (χ3n) is 3.29. The van der Waals surface area contributed by atoms with Gasteiger partial charge in [0.1, 0.15) is 0 Å². The predicted octanol–water partition coefficient (Wildman–Crippen LogP) is 2.68. The molecule has 2 rings (SSSR count). The average Bonchev–Trinajstić information content (AvgIpc) is 3.08. The number of hydrogen-bond donors (Lipinski definition) is 3. The van der Waals surface area contributed by atoms with Gasteiger partial charge in [-0.2, -0.15) is 12.6 Å². The first-order valence-corrected chi connectivity index (χ1v) is 6.95. The van der Waals surface area contributed by atoms with Crippen LogP contribution >= 0.6 is 12.6 Å². The van der Waals surface area contributed by atoms with Gasteiger partial charge in [-0.1, -0.05) is 6.07 Å². The Morgan fingerprint density at radius 3 is 2.42 bits per heavy atom. The lowest BCUT2D eigenvalue weighted by molar-refractivity contribution is -0.117. The highest BCUT2D eigenvalue weighted by atomic mass is 32.1. The van der Waals surface area contributed by atoms with Crippen LogP contribution in [0.2, 0.25) is 0 Å². The molecule has 2 N–H and O–H groups in total. The summed E-state index contributed by atoms with van der Waals surface area (Å²) in [5.41, 5.74) is 1.49. The molecule has 1 aromatic rings. The van der Waals surface area contributed by atoms with Crippen LogP contribution in [0.25, 0.3) is 0 Å². The number of thiol groups is 1. The molecule has 2 amide bonds. The molecule has 0 atom stereocenters. The molecule has 1 aromatic carbocycles. The van der Waals surface area contributed by atoms with Gasteiger partial charge in [-0.3, -0.25) is 9.59 Å². The number of hydrogen-bond acceptors (Lipinski definition) is 3. The van der Waals surface area contributed by atoms with Crippen LogP contribution in [0.15, 0.2) is 24.3 Å². The van der Waals surface area contributed by atoms with E-state index in [4.69, 9.17) is 0 Å². The standard InChI is InChI=1S/C14H18N2O2S/c1-10(17)15-11-3-2-4-12(7-11)16-13(18)8-14(9-19)5-6-14/h2-4,7,19H,5-6,8-9H2,1H3,(H,15,17)(H,16,18). The molecule has 0 bridgehead atoms. The Hall–Kier alpha value is -1.49. The molecule has 0 spiro atoms. The zero-order valence-corrected chi connectivity index (χ0v) is 11.8. The summed E-state index contributed by atoms with van der Waals surface area (Å²) in [7, 11) is 0. The van der Waals surface area contributed by atoms with Gasteiger partial charge in [0.25, 0.3) is 0 Å². The van der Waals surface area contributed by atoms with Crippen molar-refractivity contribution in [1.29, 1.82) is 0 Å². The van der Waals surface area contributed by atoms with Crippen LogP contribution < -0.4 is 10.6 Å². The van der Waals surface area contributed by atoms with E-state index in [0.29, 0.717) is 17.8 Å². The van der Waals surface area contributed by atoms with Gasteiger partial charge in [-0.05, 0) is 42.2 Å². The van der Waals surface area contributed by atoms with Crippen molar-refractivity contribution in [3.8, 4) is 0 Å². The van der Waals surface area contributed by atoms with Gasteiger partial charge in [0.15, 0.2) is 0 Å². The van der Waals surface area contributed by atoms with Crippen LogP contribution in [0.1, 0.15) is 26.2 Å². The second-order valence-electron chi connectivity index (χ2n) is 5.15. The monoisotopic (exact) mass is 278 g/mol. The van der Waals surface area contributed by atoms with Crippen LogP contribution in [0.4, 0.5) is 11.4 Å². The highest BCUT2D eigenvalue weighted by molar-refractivity contribution is 7.80. The molecule has 5 heteroatoms. The van der Waals surface area contributed by atoms with Gasteiger partial charge >= 0.3 is 0 Å². The Kier molecular flexibility index (Phi) is 4.14. The highest BCUT2D eigenvalue weighted by Crippen LogP contribution is 2.49. The number of nitrogens with one attached hydrogen (secondary N) is 2. The minimum absolute atomic E-state index is 0.00604. The van der Waals surface area contributed by atoms with E-state index in [-0.39, 0.29) is 17.2 Å². The Labute approximate surface area is 118 Å². The number of rotatable bonds is 5. The number of amides is 2. The first kappa shape index (κ1) is 13.9. The molecule has 0 unspecified atom stereocenters. The Balaban J connectivity index is 1.95. The summed E-state index contributed by atoms with van der Waals surface area (Å²) >= 11 is 4.29. The zero-order valence-electron chi connectivity index (χ0n) is 10.9. The van der Waals surface area contributed by atoms with E-state index in [0.717, 1.165) is 18.6 Å². The van der Waals surface area contributed by atoms with Crippen molar-refractivity contribution in [3.63, 3.8) is 0 Å². The van der Waals surface area contributed by atoms with E-state index in [9.17, 15) is 9.59 Å². The lowest BCUT2D eigenvalue weighted by Crippen LogP contribution is -2.18. The molecule has 1 aliphatic carbocycles. The third-order valence-corrected chi connectivity index (χ3v) is 3.97. The third kappa shape index (κ3) is 3.99. The summed E-state index contributed by atoms with van der Waals surface area (Å²) in [4.78, 5) is 22.9. The van der Waals surface area contributed by atoms with Gasteiger partial charge in [0.2, 0.25) is 11.8 Å². The molecule has 0 aromatic heterocycles. The van der Waals surface area contributed by atoms with E-state index in [1.165, 1.54) is 6.92 Å². The fourth-order valence-electron chi connectivity index (χ4n) is 1.99. The molecule has 19 heavy (non-hydrogen) atoms. The van der Waals surface area contributed by atoms with Crippen molar-refractivity contribution < 1.29 is 9.59 Å². The van der Waals surface area contributed by atoms with Gasteiger partial charge in [-0.25, -0.2) is 0 Å². The van der Waals surface area contributed by atoms with Crippen molar-refractivity contribution in [2.75, 3.05) is 16.4 Å². The summed E-state index contributed by atoms with van der Waals surface area (Å²) in [6, 6.07) is 7.14. The summed E-state index contributed by atoms with van der Waals surface area (Å²) in [6.45, 7) is 1.45. The Morgan fingerprint density at radius 2 is 1.89 bits per heavy atom. The molecule has 1 fully saturated rings. The highest BCUT2D eigenvalue weighted by Gasteiger charge is 2.42. The minimum atomic E-state index is -0.129. The maximum Gasteiger partial charge on any atom is 0.224 e. The SMILES string of the molecule is CC(=O)Nc1cccc(NC(=O)CC2(CS)CC2)c1. The van der Waals surface area contributed by atoms with Crippen LogP contribution in [0, 0.1) is 5.41 Å². The van der Waals surface area contributed by atoms with Crippen molar-refractivity contribution in [2.24, 2.45) is 5.41 Å². The number of anilines is 2. The first-order valence-electron chi connectivity index (χ1n) is 6.31. The molecule has 0 radical (unpaired) electrons.